The second-order valence-corrected chi connectivity index (χ2v) is 7.43. The Bertz CT molecular complexity index is 1110. The number of benzene rings is 1. The van der Waals surface area contributed by atoms with Crippen LogP contribution in [0.2, 0.25) is 0 Å². The van der Waals surface area contributed by atoms with Crippen molar-refractivity contribution in [1.82, 2.24) is 5.32 Å². The molecule has 0 saturated heterocycles. The van der Waals surface area contributed by atoms with E-state index in [0.29, 0.717) is 36.5 Å². The summed E-state index contributed by atoms with van der Waals surface area (Å²) in [6.07, 6.45) is 11.9. The van der Waals surface area contributed by atoms with Crippen LogP contribution >= 0.6 is 0 Å². The molecule has 0 aromatic heterocycles. The molecule has 172 valence electrons. The number of ketones is 1. The molecule has 1 aromatic rings. The van der Waals surface area contributed by atoms with Gasteiger partial charge >= 0.3 is 0 Å². The highest BCUT2D eigenvalue weighted by Crippen LogP contribution is 2.28. The highest BCUT2D eigenvalue weighted by molar-refractivity contribution is 6.20. The number of aryl methyl sites for hydroxylation is 1. The number of carbonyl (C=O) groups excluding carboxylic acids is 1. The van der Waals surface area contributed by atoms with Gasteiger partial charge in [-0.15, -0.1) is 0 Å². The van der Waals surface area contributed by atoms with Gasteiger partial charge in [-0.25, -0.2) is 14.6 Å². The van der Waals surface area contributed by atoms with Crippen LogP contribution in [0.3, 0.4) is 0 Å². The summed E-state index contributed by atoms with van der Waals surface area (Å²) in [6, 6.07) is 5.07. The SMILES string of the molecule is C=C(/C=N\N(N)c1ccc(OC2=C(F)CCC=C2)cc1C)C(=O)/C1=C/C/C=C(F)\C=C/CN1. The van der Waals surface area contributed by atoms with E-state index >= 15 is 0 Å². The lowest BCUT2D eigenvalue weighted by atomic mass is 10.1. The zero-order valence-electron chi connectivity index (χ0n) is 18.4. The van der Waals surface area contributed by atoms with E-state index < -0.39 is 0 Å². The molecule has 3 rings (SSSR count). The third-order valence-corrected chi connectivity index (χ3v) is 4.91. The normalized spacial score (nSPS) is 20.5. The summed E-state index contributed by atoms with van der Waals surface area (Å²) >= 11 is 0. The Balaban J connectivity index is 1.65. The van der Waals surface area contributed by atoms with E-state index in [1.54, 1.807) is 36.4 Å². The largest absolute Gasteiger partial charge is 0.455 e. The van der Waals surface area contributed by atoms with Crippen LogP contribution < -0.4 is 21.0 Å². The average molecular weight is 453 g/mol. The Morgan fingerprint density at radius 1 is 1.27 bits per heavy atom. The van der Waals surface area contributed by atoms with E-state index in [1.165, 1.54) is 18.4 Å². The van der Waals surface area contributed by atoms with Gasteiger partial charge in [0, 0.05) is 18.5 Å². The molecule has 0 bridgehead atoms. The molecule has 2 aliphatic rings. The van der Waals surface area contributed by atoms with Gasteiger partial charge in [0.05, 0.1) is 17.6 Å². The van der Waals surface area contributed by atoms with Crippen molar-refractivity contribution in [2.75, 3.05) is 11.7 Å². The fourth-order valence-electron chi connectivity index (χ4n) is 3.15. The summed E-state index contributed by atoms with van der Waals surface area (Å²) in [6.45, 7) is 5.87. The first-order valence-electron chi connectivity index (χ1n) is 10.5. The lowest BCUT2D eigenvalue weighted by Gasteiger charge is -2.17. The van der Waals surface area contributed by atoms with Crippen molar-refractivity contribution in [2.45, 2.75) is 26.2 Å². The minimum atomic E-state index is -0.368. The fraction of sp³-hybridized carbons (Fsp3) is 0.200. The molecular formula is C25H26F2N4O2. The molecule has 1 aromatic carbocycles. The Kier molecular flexibility index (Phi) is 8.10. The number of hydrazine groups is 1. The van der Waals surface area contributed by atoms with Crippen LogP contribution in [-0.2, 0) is 4.79 Å². The van der Waals surface area contributed by atoms with E-state index in [-0.39, 0.29) is 35.2 Å². The van der Waals surface area contributed by atoms with Crippen molar-refractivity contribution < 1.29 is 18.3 Å². The molecular weight excluding hydrogens is 426 g/mol. The topological polar surface area (TPSA) is 79.9 Å². The maximum absolute atomic E-state index is 13.9. The molecule has 3 N–H and O–H groups in total. The van der Waals surface area contributed by atoms with Crippen LogP contribution in [0.15, 0.2) is 95.0 Å². The molecule has 1 aliphatic heterocycles. The maximum atomic E-state index is 13.9. The molecule has 0 radical (unpaired) electrons. The highest BCUT2D eigenvalue weighted by atomic mass is 19.1. The summed E-state index contributed by atoms with van der Waals surface area (Å²) < 4.78 is 32.9. The number of allylic oxidation sites excluding steroid dienone is 8. The van der Waals surface area contributed by atoms with Gasteiger partial charge in [-0.2, -0.15) is 10.2 Å². The third kappa shape index (κ3) is 6.60. The quantitative estimate of drug-likeness (QED) is 0.264. The molecule has 8 heteroatoms. The van der Waals surface area contributed by atoms with Crippen LogP contribution in [0.5, 0.6) is 5.75 Å². The van der Waals surface area contributed by atoms with E-state index in [1.807, 2.05) is 13.0 Å². The molecule has 1 aliphatic carbocycles. The summed E-state index contributed by atoms with van der Waals surface area (Å²) in [5.74, 6) is 5.70. The standard InChI is InChI=1S/C25H26F2N4O2/c1-17-15-20(33-24-11-4-3-9-21(24)27)12-13-23(17)31(28)30-16-18(2)25(32)22-10-5-7-19(26)8-6-14-29-22/h4,6-8,10-13,15-16,29H,2-3,5,9,14,28H2,1H3/b8-6-,19-7+,22-10-,30-16-. The lowest BCUT2D eigenvalue weighted by molar-refractivity contribution is -0.112. The van der Waals surface area contributed by atoms with Crippen molar-refractivity contribution >= 4 is 17.7 Å². The maximum Gasteiger partial charge on any atom is 0.209 e. The number of rotatable bonds is 7. The molecule has 0 amide bonds. The first-order valence-corrected chi connectivity index (χ1v) is 10.5. The number of halogens is 2. The molecule has 33 heavy (non-hydrogen) atoms. The number of Topliss-reactive ketones (excluding diaryl/α,β-unsaturated/α-hetero) is 1. The van der Waals surface area contributed by atoms with Gasteiger partial charge in [-0.3, -0.25) is 4.79 Å². The van der Waals surface area contributed by atoms with Crippen molar-refractivity contribution in [3.05, 3.63) is 95.5 Å². The minimum absolute atomic E-state index is 0.112. The first kappa shape index (κ1) is 23.9. The third-order valence-electron chi connectivity index (χ3n) is 4.91. The van der Waals surface area contributed by atoms with Gasteiger partial charge < -0.3 is 10.1 Å². The van der Waals surface area contributed by atoms with Gasteiger partial charge in [-0.05, 0) is 61.8 Å². The first-order chi connectivity index (χ1) is 15.8. The number of nitrogens with two attached hydrogens (primary N) is 1. The Morgan fingerprint density at radius 3 is 2.85 bits per heavy atom. The molecule has 0 unspecified atom stereocenters. The number of nitrogens with zero attached hydrogens (tertiary/aromatic N) is 2. The smallest absolute Gasteiger partial charge is 0.209 e. The zero-order valence-corrected chi connectivity index (χ0v) is 18.4. The van der Waals surface area contributed by atoms with Crippen molar-refractivity contribution in [1.29, 1.82) is 0 Å². The molecule has 0 saturated carbocycles. The monoisotopic (exact) mass is 452 g/mol. The Labute approximate surface area is 191 Å². The zero-order chi connectivity index (χ0) is 23.8. The molecule has 0 atom stereocenters. The van der Waals surface area contributed by atoms with Crippen molar-refractivity contribution in [2.24, 2.45) is 10.9 Å². The van der Waals surface area contributed by atoms with E-state index in [0.717, 1.165) is 10.7 Å². The lowest BCUT2D eigenvalue weighted by Crippen LogP contribution is -2.26. The molecule has 1 heterocycles. The van der Waals surface area contributed by atoms with Crippen molar-refractivity contribution in [3.8, 4) is 5.75 Å². The Hall–Kier alpha value is -3.78. The van der Waals surface area contributed by atoms with E-state index in [9.17, 15) is 13.6 Å². The van der Waals surface area contributed by atoms with Gasteiger partial charge in [0.15, 0.2) is 5.76 Å². The summed E-state index contributed by atoms with van der Waals surface area (Å²) in [4.78, 5) is 12.7. The summed E-state index contributed by atoms with van der Waals surface area (Å²) in [7, 11) is 0. The van der Waals surface area contributed by atoms with E-state index in [2.05, 4.69) is 17.0 Å². The molecule has 0 fully saturated rings. The Morgan fingerprint density at radius 2 is 2.09 bits per heavy atom. The molecule has 6 nitrogen and oxygen atoms in total. The average Bonchev–Trinajstić information content (AvgIpc) is 2.90. The van der Waals surface area contributed by atoms with E-state index in [4.69, 9.17) is 10.6 Å². The van der Waals surface area contributed by atoms with Crippen LogP contribution in [0.25, 0.3) is 0 Å². The number of nitrogens with one attached hydrogen (secondary N) is 1. The van der Waals surface area contributed by atoms with Gasteiger partial charge in [0.25, 0.3) is 0 Å². The van der Waals surface area contributed by atoms with Crippen LogP contribution in [0.1, 0.15) is 24.8 Å². The summed E-state index contributed by atoms with van der Waals surface area (Å²) in [5, 5.41) is 8.16. The highest BCUT2D eigenvalue weighted by Gasteiger charge is 2.14. The van der Waals surface area contributed by atoms with Crippen LogP contribution in [0, 0.1) is 6.92 Å². The predicted molar refractivity (Wildman–Crippen MR) is 127 cm³/mol. The van der Waals surface area contributed by atoms with Crippen LogP contribution in [-0.4, -0.2) is 18.5 Å². The second-order valence-electron chi connectivity index (χ2n) is 7.43. The van der Waals surface area contributed by atoms with Gasteiger partial charge in [-0.1, -0.05) is 24.8 Å². The predicted octanol–water partition coefficient (Wildman–Crippen LogP) is 4.98. The van der Waals surface area contributed by atoms with Gasteiger partial charge in [0.1, 0.15) is 17.4 Å². The van der Waals surface area contributed by atoms with Crippen molar-refractivity contribution in [3.63, 3.8) is 0 Å². The number of hydrogen-bond acceptors (Lipinski definition) is 6. The number of anilines is 1. The fourth-order valence-corrected chi connectivity index (χ4v) is 3.15. The number of carbonyl (C=O) groups is 1. The number of ether oxygens (including phenoxy) is 1. The number of hydrogen-bond donors (Lipinski definition) is 2. The molecule has 0 spiro atoms. The summed E-state index contributed by atoms with van der Waals surface area (Å²) in [5.41, 5.74) is 1.73. The second kappa shape index (κ2) is 11.2. The van der Waals surface area contributed by atoms with Gasteiger partial charge in [0.2, 0.25) is 5.78 Å². The van der Waals surface area contributed by atoms with Crippen LogP contribution in [0.4, 0.5) is 14.5 Å². The number of hydrazone groups is 1. The minimum Gasteiger partial charge on any atom is -0.455 e.